The van der Waals surface area contributed by atoms with E-state index in [4.69, 9.17) is 11.6 Å². The molecule has 0 saturated heterocycles. The van der Waals surface area contributed by atoms with Gasteiger partial charge in [-0.05, 0) is 41.3 Å². The van der Waals surface area contributed by atoms with Crippen LogP contribution in [0.2, 0.25) is 5.02 Å². The Hall–Kier alpha value is -2.85. The second-order valence-electron chi connectivity index (χ2n) is 8.07. The van der Waals surface area contributed by atoms with Crippen molar-refractivity contribution in [2.24, 2.45) is 0 Å². The van der Waals surface area contributed by atoms with Crippen LogP contribution in [-0.2, 0) is 15.4 Å². The maximum absolute atomic E-state index is 13.1. The topological polar surface area (TPSA) is 129 Å². The van der Waals surface area contributed by atoms with Crippen LogP contribution in [0.1, 0.15) is 54.4 Å². The van der Waals surface area contributed by atoms with Gasteiger partial charge in [-0.3, -0.25) is 14.5 Å². The third-order valence-electron chi connectivity index (χ3n) is 4.67. The molecule has 8 nitrogen and oxygen atoms in total. The quantitative estimate of drug-likeness (QED) is 0.367. The fourth-order valence-corrected chi connectivity index (χ4v) is 4.19. The van der Waals surface area contributed by atoms with Crippen LogP contribution in [0.4, 0.5) is 5.69 Å². The molecule has 2 aromatic heterocycles. The standard InChI is InChI=1S/C22H22ClN3O5S/c1-22(2,3)13-6-8-15(9-7-13)32(30,31)26-17-11-14(23)12-25-19(17)20(27)16-5-4-10-24-18(16)21(28)29/h4-12,21,26,28-29H,1-3H3. The van der Waals surface area contributed by atoms with Crippen molar-refractivity contribution < 1.29 is 23.4 Å². The van der Waals surface area contributed by atoms with Gasteiger partial charge in [0.2, 0.25) is 5.78 Å². The predicted octanol–water partition coefficient (Wildman–Crippen LogP) is 3.44. The van der Waals surface area contributed by atoms with E-state index in [0.29, 0.717) is 0 Å². The number of aliphatic hydroxyl groups is 2. The highest BCUT2D eigenvalue weighted by Gasteiger charge is 2.25. The first-order valence-corrected chi connectivity index (χ1v) is 11.4. The smallest absolute Gasteiger partial charge is 0.261 e. The number of ketones is 1. The first-order chi connectivity index (χ1) is 14.9. The molecule has 168 valence electrons. The number of aromatic nitrogens is 2. The van der Waals surface area contributed by atoms with Gasteiger partial charge in [-0.25, -0.2) is 13.4 Å². The molecule has 0 bridgehead atoms. The van der Waals surface area contributed by atoms with Crippen molar-refractivity contribution in [3.63, 3.8) is 0 Å². The number of nitrogens with one attached hydrogen (secondary N) is 1. The van der Waals surface area contributed by atoms with E-state index in [1.807, 2.05) is 20.8 Å². The van der Waals surface area contributed by atoms with Gasteiger partial charge in [0.05, 0.1) is 21.2 Å². The molecule has 3 N–H and O–H groups in total. The number of pyridine rings is 2. The number of aliphatic hydroxyl groups excluding tert-OH is 1. The minimum Gasteiger partial charge on any atom is -0.363 e. The van der Waals surface area contributed by atoms with Gasteiger partial charge in [-0.1, -0.05) is 44.5 Å². The summed E-state index contributed by atoms with van der Waals surface area (Å²) in [4.78, 5) is 20.9. The molecule has 0 aliphatic heterocycles. The van der Waals surface area contributed by atoms with Crippen molar-refractivity contribution in [3.8, 4) is 0 Å². The summed E-state index contributed by atoms with van der Waals surface area (Å²) < 4.78 is 28.3. The van der Waals surface area contributed by atoms with Crippen LogP contribution in [0.25, 0.3) is 0 Å². The predicted molar refractivity (Wildman–Crippen MR) is 120 cm³/mol. The van der Waals surface area contributed by atoms with Gasteiger partial charge < -0.3 is 10.2 Å². The lowest BCUT2D eigenvalue weighted by molar-refractivity contribution is -0.0462. The fourth-order valence-electron chi connectivity index (χ4n) is 2.98. The Labute approximate surface area is 191 Å². The summed E-state index contributed by atoms with van der Waals surface area (Å²) in [6.07, 6.45) is 0.492. The van der Waals surface area contributed by atoms with Crippen molar-refractivity contribution in [2.75, 3.05) is 4.72 Å². The van der Waals surface area contributed by atoms with Crippen molar-refractivity contribution in [1.82, 2.24) is 9.97 Å². The highest BCUT2D eigenvalue weighted by atomic mass is 35.5. The zero-order chi connectivity index (χ0) is 23.7. The van der Waals surface area contributed by atoms with Crippen molar-refractivity contribution in [2.45, 2.75) is 37.4 Å². The number of halogens is 1. The average Bonchev–Trinajstić information content (AvgIpc) is 2.72. The molecule has 0 spiro atoms. The number of hydrogen-bond donors (Lipinski definition) is 3. The molecule has 0 unspecified atom stereocenters. The highest BCUT2D eigenvalue weighted by molar-refractivity contribution is 7.92. The van der Waals surface area contributed by atoms with Gasteiger partial charge in [0.25, 0.3) is 10.0 Å². The second-order valence-corrected chi connectivity index (χ2v) is 10.2. The number of sulfonamides is 1. The van der Waals surface area contributed by atoms with E-state index in [0.717, 1.165) is 5.56 Å². The Morgan fingerprint density at radius 2 is 1.75 bits per heavy atom. The van der Waals surface area contributed by atoms with Gasteiger partial charge in [-0.2, -0.15) is 0 Å². The molecule has 1 aromatic carbocycles. The van der Waals surface area contributed by atoms with Crippen LogP contribution in [0.15, 0.2) is 59.8 Å². The molecule has 10 heteroatoms. The minimum atomic E-state index is -4.07. The second kappa shape index (κ2) is 8.95. The molecule has 3 aromatic rings. The van der Waals surface area contributed by atoms with Gasteiger partial charge in [0.15, 0.2) is 6.29 Å². The highest BCUT2D eigenvalue weighted by Crippen LogP contribution is 2.27. The molecule has 3 rings (SSSR count). The van der Waals surface area contributed by atoms with Crippen molar-refractivity contribution in [3.05, 3.63) is 82.4 Å². The minimum absolute atomic E-state index is 0.00304. The molecular weight excluding hydrogens is 454 g/mol. The Kier molecular flexibility index (Phi) is 6.66. The molecular formula is C22H22ClN3O5S. The lowest BCUT2D eigenvalue weighted by Crippen LogP contribution is -2.19. The lowest BCUT2D eigenvalue weighted by atomic mass is 9.87. The number of anilines is 1. The molecule has 0 saturated carbocycles. The van der Waals surface area contributed by atoms with Gasteiger partial charge in [0, 0.05) is 12.4 Å². The normalized spacial score (nSPS) is 12.1. The van der Waals surface area contributed by atoms with Crippen LogP contribution in [0.5, 0.6) is 0 Å². The van der Waals surface area contributed by atoms with E-state index in [1.165, 1.54) is 42.7 Å². The average molecular weight is 476 g/mol. The van der Waals surface area contributed by atoms with E-state index in [1.54, 1.807) is 12.1 Å². The third-order valence-corrected chi connectivity index (χ3v) is 6.26. The summed E-state index contributed by atoms with van der Waals surface area (Å²) in [5.41, 5.74) is -0.00872. The Morgan fingerprint density at radius 3 is 2.34 bits per heavy atom. The van der Waals surface area contributed by atoms with Gasteiger partial charge in [0.1, 0.15) is 11.4 Å². The van der Waals surface area contributed by atoms with E-state index in [-0.39, 0.29) is 38.0 Å². The summed E-state index contributed by atoms with van der Waals surface area (Å²) >= 11 is 5.99. The molecule has 32 heavy (non-hydrogen) atoms. The van der Waals surface area contributed by atoms with E-state index < -0.39 is 22.1 Å². The summed E-state index contributed by atoms with van der Waals surface area (Å²) in [5, 5.41) is 19.1. The molecule has 0 atom stereocenters. The summed E-state index contributed by atoms with van der Waals surface area (Å²) in [7, 11) is -4.07. The molecule has 0 fully saturated rings. The van der Waals surface area contributed by atoms with Crippen LogP contribution in [-0.4, -0.2) is 34.4 Å². The molecule has 0 aliphatic carbocycles. The maximum Gasteiger partial charge on any atom is 0.261 e. The molecule has 0 radical (unpaired) electrons. The number of hydrogen-bond acceptors (Lipinski definition) is 7. The maximum atomic E-state index is 13.1. The number of rotatable bonds is 6. The van der Waals surface area contributed by atoms with E-state index in [2.05, 4.69) is 14.7 Å². The summed E-state index contributed by atoms with van der Waals surface area (Å²) in [6.45, 7) is 6.04. The zero-order valence-corrected chi connectivity index (χ0v) is 19.1. The number of carbonyl (C=O) groups excluding carboxylic acids is 1. The summed E-state index contributed by atoms with van der Waals surface area (Å²) in [6, 6.07) is 10.4. The van der Waals surface area contributed by atoms with Gasteiger partial charge in [-0.15, -0.1) is 0 Å². The first-order valence-electron chi connectivity index (χ1n) is 9.55. The third kappa shape index (κ3) is 5.13. The Morgan fingerprint density at radius 1 is 1.09 bits per heavy atom. The largest absolute Gasteiger partial charge is 0.363 e. The van der Waals surface area contributed by atoms with Gasteiger partial charge >= 0.3 is 0 Å². The van der Waals surface area contributed by atoms with Crippen LogP contribution in [0, 0.1) is 0 Å². The van der Waals surface area contributed by atoms with Crippen LogP contribution < -0.4 is 4.72 Å². The lowest BCUT2D eigenvalue weighted by Gasteiger charge is -2.19. The molecule has 2 heterocycles. The SMILES string of the molecule is CC(C)(C)c1ccc(S(=O)(=O)Nc2cc(Cl)cnc2C(=O)c2cccnc2C(O)O)cc1. The number of nitrogens with zero attached hydrogens (tertiary/aromatic N) is 2. The van der Waals surface area contributed by atoms with Crippen LogP contribution >= 0.6 is 11.6 Å². The molecule has 0 aliphatic rings. The van der Waals surface area contributed by atoms with Crippen molar-refractivity contribution >= 4 is 33.1 Å². The zero-order valence-electron chi connectivity index (χ0n) is 17.6. The number of benzene rings is 1. The van der Waals surface area contributed by atoms with E-state index >= 15 is 0 Å². The Balaban J connectivity index is 2.01. The van der Waals surface area contributed by atoms with Crippen LogP contribution in [0.3, 0.4) is 0 Å². The number of carbonyl (C=O) groups is 1. The molecule has 0 amide bonds. The first kappa shape index (κ1) is 23.8. The van der Waals surface area contributed by atoms with Crippen molar-refractivity contribution in [1.29, 1.82) is 0 Å². The Bertz CT molecular complexity index is 1250. The monoisotopic (exact) mass is 475 g/mol. The fraction of sp³-hybridized carbons (Fsp3) is 0.227. The van der Waals surface area contributed by atoms with E-state index in [9.17, 15) is 23.4 Å². The summed E-state index contributed by atoms with van der Waals surface area (Å²) in [5.74, 6) is -0.751.